The highest BCUT2D eigenvalue weighted by Gasteiger charge is 2.32. The van der Waals surface area contributed by atoms with Crippen LogP contribution >= 0.6 is 0 Å². The number of piperidine rings is 1. The molecule has 0 aliphatic carbocycles. The minimum atomic E-state index is -3.47. The van der Waals surface area contributed by atoms with Crippen LogP contribution in [0.25, 0.3) is 0 Å². The predicted octanol–water partition coefficient (Wildman–Crippen LogP) is 2.89. The van der Waals surface area contributed by atoms with Crippen LogP contribution in [0.1, 0.15) is 30.3 Å². The molecule has 0 unspecified atom stereocenters. The van der Waals surface area contributed by atoms with Crippen molar-refractivity contribution >= 4 is 10.0 Å². The van der Waals surface area contributed by atoms with Gasteiger partial charge in [0.15, 0.2) is 0 Å². The largest absolute Gasteiger partial charge is 0.329 e. The fraction of sp³-hybridized carbons (Fsp3) is 0.300. The van der Waals surface area contributed by atoms with E-state index in [4.69, 9.17) is 0 Å². The van der Waals surface area contributed by atoms with E-state index in [2.05, 4.69) is 14.5 Å². The molecule has 0 amide bonds. The van der Waals surface area contributed by atoms with Gasteiger partial charge in [-0.3, -0.25) is 4.98 Å². The van der Waals surface area contributed by atoms with Crippen LogP contribution < -0.4 is 0 Å². The van der Waals surface area contributed by atoms with Crippen LogP contribution in [-0.2, 0) is 16.6 Å². The molecule has 4 rings (SSSR count). The minimum absolute atomic E-state index is 0.0796. The smallest absolute Gasteiger partial charge is 0.243 e. The van der Waals surface area contributed by atoms with Crippen molar-refractivity contribution in [2.24, 2.45) is 0 Å². The average molecular weight is 382 g/mol. The molecular weight excluding hydrogens is 360 g/mol. The molecule has 1 aromatic carbocycles. The molecule has 140 valence electrons. The number of nitrogens with zero attached hydrogens (tertiary/aromatic N) is 4. The van der Waals surface area contributed by atoms with Gasteiger partial charge in [-0.25, -0.2) is 13.4 Å². The Hall–Kier alpha value is -2.51. The molecule has 7 heteroatoms. The third-order valence-electron chi connectivity index (χ3n) is 4.94. The Morgan fingerprint density at radius 3 is 2.59 bits per heavy atom. The Balaban J connectivity index is 1.55. The van der Waals surface area contributed by atoms with Gasteiger partial charge in [-0.1, -0.05) is 24.3 Å². The van der Waals surface area contributed by atoms with Crippen LogP contribution in [0.2, 0.25) is 0 Å². The van der Waals surface area contributed by atoms with Crippen LogP contribution in [0.4, 0.5) is 0 Å². The summed E-state index contributed by atoms with van der Waals surface area (Å²) >= 11 is 0. The van der Waals surface area contributed by atoms with Crippen LogP contribution in [0, 0.1) is 0 Å². The van der Waals surface area contributed by atoms with E-state index < -0.39 is 10.0 Å². The second-order valence-electron chi connectivity index (χ2n) is 6.75. The number of sulfonamides is 1. The second kappa shape index (κ2) is 7.62. The first-order valence-corrected chi connectivity index (χ1v) is 10.5. The van der Waals surface area contributed by atoms with E-state index in [-0.39, 0.29) is 5.92 Å². The van der Waals surface area contributed by atoms with E-state index in [0.717, 1.165) is 24.4 Å². The quantitative estimate of drug-likeness (QED) is 0.680. The average Bonchev–Trinajstić information content (AvgIpc) is 3.18. The highest BCUT2D eigenvalue weighted by molar-refractivity contribution is 7.89. The third-order valence-corrected chi connectivity index (χ3v) is 6.82. The summed E-state index contributed by atoms with van der Waals surface area (Å²) < 4.78 is 29.6. The van der Waals surface area contributed by atoms with Crippen molar-refractivity contribution in [3.05, 3.63) is 78.6 Å². The number of rotatable bonds is 5. The summed E-state index contributed by atoms with van der Waals surface area (Å²) in [5.74, 6) is 1.00. The maximum Gasteiger partial charge on any atom is 0.243 e. The molecule has 2 aromatic heterocycles. The molecule has 1 atom stereocenters. The maximum absolute atomic E-state index is 13.0. The molecule has 27 heavy (non-hydrogen) atoms. The molecule has 3 aromatic rings. The molecule has 1 aliphatic heterocycles. The van der Waals surface area contributed by atoms with Crippen molar-refractivity contribution in [3.8, 4) is 0 Å². The van der Waals surface area contributed by atoms with Crippen molar-refractivity contribution in [3.63, 3.8) is 0 Å². The summed E-state index contributed by atoms with van der Waals surface area (Å²) in [5.41, 5.74) is 0.960. The molecule has 0 radical (unpaired) electrons. The van der Waals surface area contributed by atoms with Gasteiger partial charge in [-0.2, -0.15) is 4.31 Å². The lowest BCUT2D eigenvalue weighted by molar-refractivity contribution is 0.305. The number of imidazole rings is 1. The molecule has 0 N–H and O–H groups in total. The lowest BCUT2D eigenvalue weighted by Gasteiger charge is -2.31. The Morgan fingerprint density at radius 1 is 1.00 bits per heavy atom. The van der Waals surface area contributed by atoms with Gasteiger partial charge < -0.3 is 4.57 Å². The second-order valence-corrected chi connectivity index (χ2v) is 8.69. The standard InChI is InChI=1S/C20H22N4O2S/c25-27(26,19-9-2-1-3-10-19)24-13-6-7-17(15-24)20-22-12-14-23(20)16-18-8-4-5-11-21-18/h1-5,8-12,14,17H,6-7,13,15-16H2/t17-/m1/s1. The summed E-state index contributed by atoms with van der Waals surface area (Å²) in [6.07, 6.45) is 7.26. The van der Waals surface area contributed by atoms with E-state index in [1.807, 2.05) is 30.5 Å². The van der Waals surface area contributed by atoms with Gasteiger partial charge in [0.25, 0.3) is 0 Å². The van der Waals surface area contributed by atoms with Crippen molar-refractivity contribution in [2.75, 3.05) is 13.1 Å². The number of hydrogen-bond donors (Lipinski definition) is 0. The minimum Gasteiger partial charge on any atom is -0.329 e. The zero-order valence-corrected chi connectivity index (χ0v) is 15.8. The first kappa shape index (κ1) is 17.9. The number of benzene rings is 1. The molecule has 0 spiro atoms. The molecule has 1 aliphatic rings. The van der Waals surface area contributed by atoms with E-state index in [0.29, 0.717) is 24.5 Å². The van der Waals surface area contributed by atoms with Crippen molar-refractivity contribution in [1.29, 1.82) is 0 Å². The topological polar surface area (TPSA) is 68.1 Å². The Bertz CT molecular complexity index is 987. The Kier molecular flexibility index (Phi) is 5.05. The van der Waals surface area contributed by atoms with Gasteiger partial charge >= 0.3 is 0 Å². The summed E-state index contributed by atoms with van der Waals surface area (Å²) in [7, 11) is -3.47. The first-order chi connectivity index (χ1) is 13.1. The molecule has 0 bridgehead atoms. The van der Waals surface area contributed by atoms with Crippen molar-refractivity contribution in [1.82, 2.24) is 18.8 Å². The predicted molar refractivity (Wildman–Crippen MR) is 103 cm³/mol. The highest BCUT2D eigenvalue weighted by atomic mass is 32.2. The fourth-order valence-corrected chi connectivity index (χ4v) is 5.14. The molecule has 0 saturated carbocycles. The van der Waals surface area contributed by atoms with Gasteiger partial charge in [-0.05, 0) is 37.1 Å². The summed E-state index contributed by atoms with van der Waals surface area (Å²) in [6, 6.07) is 14.5. The molecule has 3 heterocycles. The SMILES string of the molecule is O=S(=O)(c1ccccc1)N1CCC[C@@H](c2nccn2Cc2ccccn2)C1. The van der Waals surface area contributed by atoms with E-state index in [9.17, 15) is 8.42 Å². The third kappa shape index (κ3) is 3.79. The van der Waals surface area contributed by atoms with E-state index >= 15 is 0 Å². The van der Waals surface area contributed by atoms with Gasteiger partial charge in [0.05, 0.1) is 17.1 Å². The van der Waals surface area contributed by atoms with Crippen LogP contribution in [-0.4, -0.2) is 40.3 Å². The monoisotopic (exact) mass is 382 g/mol. The number of aromatic nitrogens is 3. The van der Waals surface area contributed by atoms with E-state index in [1.54, 1.807) is 41.0 Å². The zero-order valence-electron chi connectivity index (χ0n) is 15.0. The first-order valence-electron chi connectivity index (χ1n) is 9.11. The fourth-order valence-electron chi connectivity index (χ4n) is 3.59. The van der Waals surface area contributed by atoms with Crippen molar-refractivity contribution < 1.29 is 8.42 Å². The van der Waals surface area contributed by atoms with Gasteiger partial charge in [0, 0.05) is 37.6 Å². The molecule has 1 saturated heterocycles. The highest BCUT2D eigenvalue weighted by Crippen LogP contribution is 2.29. The number of pyridine rings is 1. The summed E-state index contributed by atoms with van der Waals surface area (Å²) in [6.45, 7) is 1.64. The van der Waals surface area contributed by atoms with Gasteiger partial charge in [0.2, 0.25) is 10.0 Å². The normalized spacial score (nSPS) is 18.4. The Morgan fingerprint density at radius 2 is 1.81 bits per heavy atom. The Labute approximate surface area is 159 Å². The zero-order chi connectivity index (χ0) is 18.7. The van der Waals surface area contributed by atoms with Gasteiger partial charge in [0.1, 0.15) is 5.82 Å². The number of hydrogen-bond acceptors (Lipinski definition) is 4. The maximum atomic E-state index is 13.0. The molecule has 1 fully saturated rings. The summed E-state index contributed by atoms with van der Waals surface area (Å²) in [4.78, 5) is 9.27. The van der Waals surface area contributed by atoms with Crippen LogP contribution in [0.5, 0.6) is 0 Å². The van der Waals surface area contributed by atoms with Crippen LogP contribution in [0.15, 0.2) is 72.0 Å². The van der Waals surface area contributed by atoms with Crippen LogP contribution in [0.3, 0.4) is 0 Å². The molecule has 6 nitrogen and oxygen atoms in total. The lowest BCUT2D eigenvalue weighted by atomic mass is 9.99. The lowest BCUT2D eigenvalue weighted by Crippen LogP contribution is -2.39. The summed E-state index contributed by atoms with van der Waals surface area (Å²) in [5, 5.41) is 0. The van der Waals surface area contributed by atoms with E-state index in [1.165, 1.54) is 0 Å². The van der Waals surface area contributed by atoms with Crippen molar-refractivity contribution in [2.45, 2.75) is 30.2 Å². The van der Waals surface area contributed by atoms with Gasteiger partial charge in [-0.15, -0.1) is 0 Å². The molecular formula is C20H22N4O2S.